The summed E-state index contributed by atoms with van der Waals surface area (Å²) in [5.41, 5.74) is 2.61. The number of carbonyl (C=O) groups excluding carboxylic acids is 2. The Hall–Kier alpha value is -3.54. The number of amides is 3. The SMILES string of the molecule is CCCCNC(=O)Nc1ccc(N2CCN(C(=O)c3ccc4ccccc4c3)CC2)cc1. The predicted octanol–water partition coefficient (Wildman–Crippen LogP) is 4.72. The van der Waals surface area contributed by atoms with Crippen LogP contribution in [0.5, 0.6) is 0 Å². The predicted molar refractivity (Wildman–Crippen MR) is 130 cm³/mol. The average Bonchev–Trinajstić information content (AvgIpc) is 2.84. The van der Waals surface area contributed by atoms with E-state index in [0.717, 1.165) is 53.6 Å². The van der Waals surface area contributed by atoms with Crippen molar-refractivity contribution in [3.63, 3.8) is 0 Å². The van der Waals surface area contributed by atoms with Gasteiger partial charge in [0.1, 0.15) is 0 Å². The zero-order valence-electron chi connectivity index (χ0n) is 18.5. The molecular weight excluding hydrogens is 400 g/mol. The Bertz CT molecular complexity index is 1070. The highest BCUT2D eigenvalue weighted by Gasteiger charge is 2.22. The van der Waals surface area contributed by atoms with Crippen LogP contribution in [0.2, 0.25) is 0 Å². The van der Waals surface area contributed by atoms with Crippen molar-refractivity contribution in [1.29, 1.82) is 0 Å². The second-order valence-corrected chi connectivity index (χ2v) is 8.12. The van der Waals surface area contributed by atoms with Crippen molar-refractivity contribution in [3.8, 4) is 0 Å². The molecule has 1 aliphatic heterocycles. The van der Waals surface area contributed by atoms with E-state index in [9.17, 15) is 9.59 Å². The minimum atomic E-state index is -0.174. The maximum absolute atomic E-state index is 13.0. The molecule has 0 radical (unpaired) electrons. The Morgan fingerprint density at radius 3 is 2.31 bits per heavy atom. The van der Waals surface area contributed by atoms with Gasteiger partial charge >= 0.3 is 6.03 Å². The lowest BCUT2D eigenvalue weighted by Gasteiger charge is -2.36. The Morgan fingerprint density at radius 1 is 0.875 bits per heavy atom. The van der Waals surface area contributed by atoms with Gasteiger partial charge in [0.2, 0.25) is 0 Å². The van der Waals surface area contributed by atoms with Crippen LogP contribution < -0.4 is 15.5 Å². The van der Waals surface area contributed by atoms with Gasteiger partial charge < -0.3 is 20.4 Å². The first-order valence-electron chi connectivity index (χ1n) is 11.3. The smallest absolute Gasteiger partial charge is 0.319 e. The van der Waals surface area contributed by atoms with E-state index in [1.165, 1.54) is 0 Å². The number of fused-ring (bicyclic) bond motifs is 1. The van der Waals surface area contributed by atoms with E-state index in [2.05, 4.69) is 28.5 Å². The molecule has 0 atom stereocenters. The second kappa shape index (κ2) is 10.2. The van der Waals surface area contributed by atoms with E-state index < -0.39 is 0 Å². The molecule has 3 aromatic rings. The van der Waals surface area contributed by atoms with Crippen molar-refractivity contribution in [1.82, 2.24) is 10.2 Å². The fourth-order valence-electron chi connectivity index (χ4n) is 3.98. The van der Waals surface area contributed by atoms with Crippen molar-refractivity contribution in [2.45, 2.75) is 19.8 Å². The first kappa shape index (κ1) is 21.7. The van der Waals surface area contributed by atoms with Crippen LogP contribution in [-0.4, -0.2) is 49.6 Å². The molecule has 3 aromatic carbocycles. The van der Waals surface area contributed by atoms with Gasteiger partial charge in [0, 0.05) is 49.7 Å². The number of piperazine rings is 1. The quantitative estimate of drug-likeness (QED) is 0.556. The molecule has 1 heterocycles. The van der Waals surface area contributed by atoms with Crippen LogP contribution in [0, 0.1) is 0 Å². The number of hydrogen-bond acceptors (Lipinski definition) is 3. The van der Waals surface area contributed by atoms with E-state index in [1.807, 2.05) is 65.6 Å². The third kappa shape index (κ3) is 5.19. The summed E-state index contributed by atoms with van der Waals surface area (Å²) in [5.74, 6) is 0.0871. The highest BCUT2D eigenvalue weighted by molar-refractivity contribution is 5.98. The number of benzene rings is 3. The fourth-order valence-corrected chi connectivity index (χ4v) is 3.98. The Morgan fingerprint density at radius 2 is 1.59 bits per heavy atom. The molecule has 0 saturated carbocycles. The van der Waals surface area contributed by atoms with Crippen LogP contribution in [0.15, 0.2) is 66.7 Å². The van der Waals surface area contributed by atoms with Crippen molar-refractivity contribution in [3.05, 3.63) is 72.3 Å². The molecule has 166 valence electrons. The van der Waals surface area contributed by atoms with Crippen LogP contribution in [-0.2, 0) is 0 Å². The molecule has 0 aliphatic carbocycles. The van der Waals surface area contributed by atoms with Gasteiger partial charge in [0.05, 0.1) is 0 Å². The molecule has 6 heteroatoms. The van der Waals surface area contributed by atoms with Crippen molar-refractivity contribution in [2.75, 3.05) is 42.9 Å². The number of unbranched alkanes of at least 4 members (excludes halogenated alkanes) is 1. The summed E-state index contributed by atoms with van der Waals surface area (Å²) in [6.07, 6.45) is 2.03. The summed E-state index contributed by atoms with van der Waals surface area (Å²) in [5, 5.41) is 7.94. The number of nitrogens with one attached hydrogen (secondary N) is 2. The Kier molecular flexibility index (Phi) is 6.90. The normalized spacial score (nSPS) is 13.8. The molecule has 0 spiro atoms. The van der Waals surface area contributed by atoms with Crippen molar-refractivity contribution >= 4 is 34.1 Å². The average molecular weight is 431 g/mol. The zero-order valence-corrected chi connectivity index (χ0v) is 18.5. The molecular formula is C26H30N4O2. The van der Waals surface area contributed by atoms with E-state index in [4.69, 9.17) is 0 Å². The Labute approximate surface area is 189 Å². The van der Waals surface area contributed by atoms with E-state index in [-0.39, 0.29) is 11.9 Å². The first-order chi connectivity index (χ1) is 15.6. The molecule has 0 unspecified atom stereocenters. The van der Waals surface area contributed by atoms with Gasteiger partial charge in [-0.15, -0.1) is 0 Å². The van der Waals surface area contributed by atoms with Gasteiger partial charge in [-0.25, -0.2) is 4.79 Å². The number of nitrogens with zero attached hydrogens (tertiary/aromatic N) is 2. The van der Waals surface area contributed by atoms with Crippen molar-refractivity contribution < 1.29 is 9.59 Å². The zero-order chi connectivity index (χ0) is 22.3. The third-order valence-corrected chi connectivity index (χ3v) is 5.87. The molecule has 32 heavy (non-hydrogen) atoms. The summed E-state index contributed by atoms with van der Waals surface area (Å²) >= 11 is 0. The lowest BCUT2D eigenvalue weighted by atomic mass is 10.1. The molecule has 4 rings (SSSR count). The second-order valence-electron chi connectivity index (χ2n) is 8.12. The van der Waals surface area contributed by atoms with Crippen molar-refractivity contribution in [2.24, 2.45) is 0 Å². The van der Waals surface area contributed by atoms with Gasteiger partial charge in [0.15, 0.2) is 0 Å². The summed E-state index contributed by atoms with van der Waals surface area (Å²) in [6.45, 7) is 5.71. The highest BCUT2D eigenvalue weighted by atomic mass is 16.2. The van der Waals surface area contributed by atoms with E-state index >= 15 is 0 Å². The molecule has 0 aromatic heterocycles. The molecule has 1 aliphatic rings. The molecule has 3 amide bonds. The highest BCUT2D eigenvalue weighted by Crippen LogP contribution is 2.21. The van der Waals surface area contributed by atoms with Gasteiger partial charge in [-0.05, 0) is 53.6 Å². The van der Waals surface area contributed by atoms with Crippen LogP contribution >= 0.6 is 0 Å². The first-order valence-corrected chi connectivity index (χ1v) is 11.3. The number of hydrogen-bond donors (Lipinski definition) is 2. The maximum atomic E-state index is 13.0. The number of anilines is 2. The minimum Gasteiger partial charge on any atom is -0.368 e. The van der Waals surface area contributed by atoms with Gasteiger partial charge in [-0.1, -0.05) is 43.7 Å². The Balaban J connectivity index is 1.31. The monoisotopic (exact) mass is 430 g/mol. The van der Waals surface area contributed by atoms with Crippen LogP contribution in [0.3, 0.4) is 0 Å². The summed E-state index contributed by atoms with van der Waals surface area (Å²) in [7, 11) is 0. The lowest BCUT2D eigenvalue weighted by Crippen LogP contribution is -2.48. The standard InChI is InChI=1S/C26H30N4O2/c1-2-3-14-27-26(32)28-23-10-12-24(13-11-23)29-15-17-30(18-16-29)25(31)22-9-8-20-6-4-5-7-21(20)19-22/h4-13,19H,2-3,14-18H2,1H3,(H2,27,28,32). The van der Waals surface area contributed by atoms with Gasteiger partial charge in [0.25, 0.3) is 5.91 Å². The van der Waals surface area contributed by atoms with Crippen LogP contribution in [0.25, 0.3) is 10.8 Å². The molecule has 1 fully saturated rings. The maximum Gasteiger partial charge on any atom is 0.319 e. The molecule has 1 saturated heterocycles. The molecule has 6 nitrogen and oxygen atoms in total. The minimum absolute atomic E-state index is 0.0871. The lowest BCUT2D eigenvalue weighted by molar-refractivity contribution is 0.0747. The summed E-state index contributed by atoms with van der Waals surface area (Å²) in [4.78, 5) is 29.1. The largest absolute Gasteiger partial charge is 0.368 e. The topological polar surface area (TPSA) is 64.7 Å². The van der Waals surface area contributed by atoms with Crippen LogP contribution in [0.1, 0.15) is 30.1 Å². The van der Waals surface area contributed by atoms with E-state index in [1.54, 1.807) is 0 Å². The fraction of sp³-hybridized carbons (Fsp3) is 0.308. The molecule has 2 N–H and O–H groups in total. The van der Waals surface area contributed by atoms with Gasteiger partial charge in [-0.3, -0.25) is 4.79 Å². The summed E-state index contributed by atoms with van der Waals surface area (Å²) < 4.78 is 0. The third-order valence-electron chi connectivity index (χ3n) is 5.87. The van der Waals surface area contributed by atoms with Gasteiger partial charge in [-0.2, -0.15) is 0 Å². The van der Waals surface area contributed by atoms with E-state index in [0.29, 0.717) is 19.6 Å². The summed E-state index contributed by atoms with van der Waals surface area (Å²) in [6, 6.07) is 21.7. The number of rotatable bonds is 6. The number of carbonyl (C=O) groups is 2. The molecule has 0 bridgehead atoms. The van der Waals surface area contributed by atoms with Crippen LogP contribution in [0.4, 0.5) is 16.2 Å². The number of urea groups is 1.